The van der Waals surface area contributed by atoms with Gasteiger partial charge >= 0.3 is 0 Å². The number of carbonyl (C=O) groups is 1. The molecule has 0 bridgehead atoms. The summed E-state index contributed by atoms with van der Waals surface area (Å²) < 4.78 is 23.1. The number of hydrogen-bond donors (Lipinski definition) is 2. The van der Waals surface area contributed by atoms with Crippen LogP contribution in [0.2, 0.25) is 0 Å². The molecule has 0 fully saturated rings. The minimum Gasteiger partial charge on any atom is -0.756 e. The summed E-state index contributed by atoms with van der Waals surface area (Å²) in [6.45, 7) is 4.64. The Hall–Kier alpha value is -1.02. The van der Waals surface area contributed by atoms with Crippen molar-refractivity contribution in [1.29, 1.82) is 0 Å². The number of aliphatic hydroxyl groups is 1. The van der Waals surface area contributed by atoms with Gasteiger partial charge in [0.25, 0.3) is 7.82 Å². The molecule has 0 radical (unpaired) electrons. The molecular weight excluding hydrogens is 647 g/mol. The molecule has 3 atom stereocenters. The number of phosphoric ester groups is 1. The Balaban J connectivity index is 4.20. The second kappa shape index (κ2) is 33.8. The highest BCUT2D eigenvalue weighted by atomic mass is 31.2. The fraction of sp³-hybridized carbons (Fsp3) is 0.878. The summed E-state index contributed by atoms with van der Waals surface area (Å²) in [6, 6.07) is -0.797. The molecule has 9 heteroatoms. The Labute approximate surface area is 309 Å². The Morgan fingerprint density at radius 2 is 1.16 bits per heavy atom. The van der Waals surface area contributed by atoms with Gasteiger partial charge in [0.1, 0.15) is 13.2 Å². The molecular formula is C41H81N2O6P. The first-order chi connectivity index (χ1) is 24.0. The molecule has 1 amide bonds. The number of hydrogen-bond acceptors (Lipinski definition) is 6. The van der Waals surface area contributed by atoms with E-state index in [1.165, 1.54) is 109 Å². The van der Waals surface area contributed by atoms with E-state index in [1.54, 1.807) is 0 Å². The van der Waals surface area contributed by atoms with E-state index in [-0.39, 0.29) is 19.1 Å². The van der Waals surface area contributed by atoms with Crippen LogP contribution in [-0.2, 0) is 18.4 Å². The number of nitrogens with zero attached hydrogens (tertiary/aromatic N) is 1. The van der Waals surface area contributed by atoms with Crippen LogP contribution in [0.4, 0.5) is 0 Å². The van der Waals surface area contributed by atoms with Crippen molar-refractivity contribution < 1.29 is 32.9 Å². The Morgan fingerprint density at radius 3 is 1.66 bits per heavy atom. The molecule has 0 aliphatic rings. The standard InChI is InChI=1S/C41H81N2O6P/c1-6-8-10-12-14-15-16-17-18-19-20-21-22-23-24-25-26-27-29-31-33-35-41(45)42-39(40(44)34-32-30-28-13-11-9-7-2)38-49-50(46,47)48-37-36-43(3,4)5/h16-17,19-20,39-40,44H,6-15,18,21-38H2,1-5H3,(H-,42,45,46,47)/b17-16-,20-19-. The van der Waals surface area contributed by atoms with Crippen LogP contribution in [0.25, 0.3) is 0 Å². The van der Waals surface area contributed by atoms with Crippen LogP contribution < -0.4 is 10.2 Å². The minimum absolute atomic E-state index is 0.0110. The van der Waals surface area contributed by atoms with Gasteiger partial charge in [0.05, 0.1) is 39.9 Å². The maximum atomic E-state index is 12.8. The Kier molecular flexibility index (Phi) is 33.1. The Bertz CT molecular complexity index is 876. The number of phosphoric acid groups is 1. The highest BCUT2D eigenvalue weighted by Gasteiger charge is 2.24. The molecule has 0 rings (SSSR count). The summed E-state index contributed by atoms with van der Waals surface area (Å²) in [5.41, 5.74) is 0. The zero-order valence-electron chi connectivity index (χ0n) is 33.4. The van der Waals surface area contributed by atoms with Crippen molar-refractivity contribution in [2.75, 3.05) is 40.9 Å². The second-order valence-corrected chi connectivity index (χ2v) is 16.8. The first-order valence-corrected chi connectivity index (χ1v) is 22.1. The summed E-state index contributed by atoms with van der Waals surface area (Å²) in [5.74, 6) is -0.174. The van der Waals surface area contributed by atoms with E-state index < -0.39 is 20.0 Å². The maximum Gasteiger partial charge on any atom is 0.268 e. The minimum atomic E-state index is -4.55. The third-order valence-corrected chi connectivity index (χ3v) is 10.2. The lowest BCUT2D eigenvalue weighted by Crippen LogP contribution is -2.46. The van der Waals surface area contributed by atoms with Crippen LogP contribution in [0.5, 0.6) is 0 Å². The SMILES string of the molecule is CCCCCCC/C=C\C/C=C\CCCCCCCCCCCC(=O)NC(COP(=O)([O-])OCC[N+](C)(C)C)C(O)CCCCCCCCC. The van der Waals surface area contributed by atoms with Gasteiger partial charge in [0, 0.05) is 6.42 Å². The molecule has 50 heavy (non-hydrogen) atoms. The van der Waals surface area contributed by atoms with Crippen molar-refractivity contribution in [3.8, 4) is 0 Å². The quantitative estimate of drug-likeness (QED) is 0.0285. The van der Waals surface area contributed by atoms with Crippen LogP contribution in [0.15, 0.2) is 24.3 Å². The molecule has 0 saturated carbocycles. The first-order valence-electron chi connectivity index (χ1n) is 20.7. The smallest absolute Gasteiger partial charge is 0.268 e. The van der Waals surface area contributed by atoms with Gasteiger partial charge in [-0.05, 0) is 44.9 Å². The molecule has 0 saturated heterocycles. The van der Waals surface area contributed by atoms with Gasteiger partial charge in [0.2, 0.25) is 5.91 Å². The van der Waals surface area contributed by atoms with Gasteiger partial charge in [0.15, 0.2) is 0 Å². The molecule has 2 N–H and O–H groups in total. The van der Waals surface area contributed by atoms with Gasteiger partial charge < -0.3 is 28.8 Å². The van der Waals surface area contributed by atoms with E-state index in [1.807, 2.05) is 21.1 Å². The lowest BCUT2D eigenvalue weighted by molar-refractivity contribution is -0.870. The largest absolute Gasteiger partial charge is 0.756 e. The van der Waals surface area contributed by atoms with Crippen molar-refractivity contribution in [2.24, 2.45) is 0 Å². The second-order valence-electron chi connectivity index (χ2n) is 15.3. The van der Waals surface area contributed by atoms with E-state index in [0.717, 1.165) is 44.9 Å². The summed E-state index contributed by atoms with van der Waals surface area (Å²) >= 11 is 0. The van der Waals surface area contributed by atoms with Crippen LogP contribution in [0.3, 0.4) is 0 Å². The maximum absolute atomic E-state index is 12.8. The zero-order valence-corrected chi connectivity index (χ0v) is 34.2. The zero-order chi connectivity index (χ0) is 37.2. The average molecular weight is 729 g/mol. The van der Waals surface area contributed by atoms with E-state index >= 15 is 0 Å². The lowest BCUT2D eigenvalue weighted by Gasteiger charge is -2.30. The van der Waals surface area contributed by atoms with Gasteiger partial charge in [-0.1, -0.05) is 154 Å². The number of aliphatic hydroxyl groups excluding tert-OH is 1. The topological polar surface area (TPSA) is 108 Å². The molecule has 0 heterocycles. The van der Waals surface area contributed by atoms with Crippen LogP contribution in [-0.4, -0.2) is 68.5 Å². The molecule has 296 valence electrons. The lowest BCUT2D eigenvalue weighted by atomic mass is 10.0. The fourth-order valence-corrected chi connectivity index (χ4v) is 6.56. The van der Waals surface area contributed by atoms with Crippen LogP contribution >= 0.6 is 7.82 Å². The number of unbranched alkanes of at least 4 members (excludes halogenated alkanes) is 20. The van der Waals surface area contributed by atoms with Crippen molar-refractivity contribution >= 4 is 13.7 Å². The predicted molar refractivity (Wildman–Crippen MR) is 210 cm³/mol. The molecule has 0 aliphatic heterocycles. The molecule has 0 aromatic rings. The molecule has 0 aliphatic carbocycles. The van der Waals surface area contributed by atoms with Gasteiger partial charge in [-0.2, -0.15) is 0 Å². The predicted octanol–water partition coefficient (Wildman–Crippen LogP) is 10.3. The van der Waals surface area contributed by atoms with E-state index in [4.69, 9.17) is 9.05 Å². The van der Waals surface area contributed by atoms with Crippen molar-refractivity contribution in [3.63, 3.8) is 0 Å². The molecule has 8 nitrogen and oxygen atoms in total. The van der Waals surface area contributed by atoms with E-state index in [2.05, 4.69) is 43.5 Å². The van der Waals surface area contributed by atoms with Crippen LogP contribution in [0, 0.1) is 0 Å². The molecule has 3 unspecified atom stereocenters. The number of rotatable bonds is 37. The van der Waals surface area contributed by atoms with Crippen molar-refractivity contribution in [3.05, 3.63) is 24.3 Å². The van der Waals surface area contributed by atoms with E-state index in [9.17, 15) is 19.4 Å². The monoisotopic (exact) mass is 729 g/mol. The van der Waals surface area contributed by atoms with Gasteiger partial charge in [-0.3, -0.25) is 9.36 Å². The number of amides is 1. The molecule has 0 aromatic heterocycles. The normalized spacial score (nSPS) is 14.8. The number of allylic oxidation sites excluding steroid dienone is 4. The van der Waals surface area contributed by atoms with Crippen molar-refractivity contribution in [1.82, 2.24) is 5.32 Å². The Morgan fingerprint density at radius 1 is 0.700 bits per heavy atom. The van der Waals surface area contributed by atoms with Gasteiger partial charge in [-0.15, -0.1) is 0 Å². The third kappa shape index (κ3) is 35.4. The highest BCUT2D eigenvalue weighted by molar-refractivity contribution is 7.45. The number of likely N-dealkylation sites (N-methyl/N-ethyl adjacent to an activating group) is 1. The molecule has 0 spiro atoms. The summed E-state index contributed by atoms with van der Waals surface area (Å²) in [4.78, 5) is 25.1. The van der Waals surface area contributed by atoms with Crippen LogP contribution in [0.1, 0.15) is 181 Å². The fourth-order valence-electron chi connectivity index (χ4n) is 5.83. The third-order valence-electron chi connectivity index (χ3n) is 9.19. The van der Waals surface area contributed by atoms with E-state index in [0.29, 0.717) is 23.9 Å². The van der Waals surface area contributed by atoms with Gasteiger partial charge in [-0.25, -0.2) is 0 Å². The summed E-state index contributed by atoms with van der Waals surface area (Å²) in [6.07, 6.45) is 37.7. The number of quaternary nitrogens is 1. The summed E-state index contributed by atoms with van der Waals surface area (Å²) in [5, 5.41) is 13.7. The summed E-state index contributed by atoms with van der Waals surface area (Å²) in [7, 11) is 1.30. The highest BCUT2D eigenvalue weighted by Crippen LogP contribution is 2.38. The first kappa shape index (κ1) is 49.0. The average Bonchev–Trinajstić information content (AvgIpc) is 3.06. The number of nitrogens with one attached hydrogen (secondary N) is 1. The molecule has 0 aromatic carbocycles. The van der Waals surface area contributed by atoms with Crippen molar-refractivity contribution in [2.45, 2.75) is 193 Å². The number of carbonyl (C=O) groups excluding carboxylic acids is 1.